The number of hydrogen-bond acceptors (Lipinski definition) is 4. The molecule has 0 bridgehead atoms. The van der Waals surface area contributed by atoms with Gasteiger partial charge in [0, 0.05) is 11.8 Å². The Kier molecular flexibility index (Phi) is 23.6. The molecular weight excluding hydrogens is 423 g/mol. The zero-order valence-corrected chi connectivity index (χ0v) is 18.0. The number of carboxylic acid groups (broad SMARTS) is 2. The van der Waals surface area contributed by atoms with E-state index in [-0.39, 0.29) is 23.9 Å². The fourth-order valence-corrected chi connectivity index (χ4v) is 1.18. The summed E-state index contributed by atoms with van der Waals surface area (Å²) in [5.41, 5.74) is 0. The monoisotopic (exact) mass is 452 g/mol. The minimum Gasteiger partial charge on any atom is -0.549 e. The number of hydrogen-bond donors (Lipinski definition) is 0. The minimum atomic E-state index is -1.03. The molecule has 0 atom stereocenters. The Morgan fingerprint density at radius 3 is 1.04 bits per heavy atom. The van der Waals surface area contributed by atoms with Crippen LogP contribution in [0, 0.1) is 25.7 Å². The van der Waals surface area contributed by atoms with Crippen molar-refractivity contribution in [1.29, 1.82) is 0 Å². The van der Waals surface area contributed by atoms with E-state index in [0.29, 0.717) is 0 Å². The molecule has 5 heteroatoms. The number of carbonyl (C=O) groups excluding carboxylic acids is 2. The van der Waals surface area contributed by atoms with Gasteiger partial charge in [0.2, 0.25) is 0 Å². The molecule has 0 saturated carbocycles. The fourth-order valence-electron chi connectivity index (χ4n) is 1.18. The summed E-state index contributed by atoms with van der Waals surface area (Å²) in [6.07, 6.45) is 17.7. The van der Waals surface area contributed by atoms with Gasteiger partial charge >= 0.3 is 23.9 Å². The van der Waals surface area contributed by atoms with Gasteiger partial charge in [0.1, 0.15) is 0 Å². The molecule has 4 radical (unpaired) electrons. The maximum absolute atomic E-state index is 9.99. The van der Waals surface area contributed by atoms with Crippen molar-refractivity contribution in [3.8, 4) is 0 Å². The summed E-state index contributed by atoms with van der Waals surface area (Å²) in [6, 6.07) is 0. The number of unbranched alkanes of at least 4 members (excludes halogenated alkanes) is 2. The fraction of sp³-hybridized carbons (Fsp3) is 0.400. The molecule has 0 amide bonds. The van der Waals surface area contributed by atoms with Crippen molar-refractivity contribution >= 4 is 35.8 Å². The maximum Gasteiger partial charge on any atom is 2.00 e. The zero-order valence-electron chi connectivity index (χ0n) is 15.1. The van der Waals surface area contributed by atoms with Crippen molar-refractivity contribution in [3.05, 3.63) is 62.5 Å². The van der Waals surface area contributed by atoms with Gasteiger partial charge in [-0.15, -0.1) is 0 Å². The van der Waals surface area contributed by atoms with Crippen LogP contribution >= 0.6 is 0 Å². The quantitative estimate of drug-likeness (QED) is 0.611. The first-order chi connectivity index (χ1) is 11.4. The third-order valence-corrected chi connectivity index (χ3v) is 2.75. The minimum absolute atomic E-state index is 0. The van der Waals surface area contributed by atoms with E-state index >= 15 is 0 Å². The SMILES string of the molecule is O=C([O-])C1C=CC=C1.O=C([O-])C1C=CC=C1.[CH2]CCC.[CH2]CCC.[Sn+2]. The second-order valence-corrected chi connectivity index (χ2v) is 4.94. The molecule has 0 aromatic carbocycles. The Labute approximate surface area is 169 Å². The predicted molar refractivity (Wildman–Crippen MR) is 99.8 cm³/mol. The number of aliphatic carboxylic acids is 2. The predicted octanol–water partition coefficient (Wildman–Crippen LogP) is 1.82. The van der Waals surface area contributed by atoms with Crippen molar-refractivity contribution in [1.82, 2.24) is 0 Å². The Morgan fingerprint density at radius 1 is 0.760 bits per heavy atom. The molecule has 2 aliphatic rings. The molecule has 0 saturated heterocycles. The number of carboxylic acids is 2. The molecule has 25 heavy (non-hydrogen) atoms. The van der Waals surface area contributed by atoms with Gasteiger partial charge in [-0.25, -0.2) is 0 Å². The largest absolute Gasteiger partial charge is 2.00 e. The van der Waals surface area contributed by atoms with E-state index in [2.05, 4.69) is 27.7 Å². The summed E-state index contributed by atoms with van der Waals surface area (Å²) in [6.45, 7) is 11.4. The van der Waals surface area contributed by atoms with Crippen molar-refractivity contribution in [3.63, 3.8) is 0 Å². The Hall–Kier alpha value is -1.30. The van der Waals surface area contributed by atoms with E-state index in [9.17, 15) is 19.8 Å². The smallest absolute Gasteiger partial charge is 0.549 e. The Morgan fingerprint density at radius 2 is 0.960 bits per heavy atom. The molecule has 0 spiro atoms. The number of allylic oxidation sites excluding steroid dienone is 4. The van der Waals surface area contributed by atoms with Crippen molar-refractivity contribution in [2.24, 2.45) is 11.8 Å². The van der Waals surface area contributed by atoms with Gasteiger partial charge in [0.25, 0.3) is 0 Å². The third kappa shape index (κ3) is 18.9. The van der Waals surface area contributed by atoms with Crippen molar-refractivity contribution < 1.29 is 19.8 Å². The molecule has 2 aliphatic carbocycles. The van der Waals surface area contributed by atoms with Crippen LogP contribution in [-0.2, 0) is 9.59 Å². The second-order valence-electron chi connectivity index (χ2n) is 4.94. The average Bonchev–Trinajstić information content (AvgIpc) is 3.28. The van der Waals surface area contributed by atoms with E-state index in [1.165, 1.54) is 12.8 Å². The van der Waals surface area contributed by atoms with Crippen LogP contribution in [0.4, 0.5) is 0 Å². The van der Waals surface area contributed by atoms with E-state index in [4.69, 9.17) is 0 Å². The van der Waals surface area contributed by atoms with Gasteiger partial charge in [0.15, 0.2) is 0 Å². The molecule has 0 aromatic heterocycles. The maximum atomic E-state index is 9.99. The van der Waals surface area contributed by atoms with E-state index in [1.807, 2.05) is 0 Å². The molecule has 4 nitrogen and oxygen atoms in total. The second kappa shape index (κ2) is 20.7. The molecule has 2 rings (SSSR count). The first-order valence-corrected chi connectivity index (χ1v) is 8.14. The first kappa shape index (κ1) is 28.5. The van der Waals surface area contributed by atoms with Gasteiger partial charge in [-0.05, 0) is 0 Å². The third-order valence-electron chi connectivity index (χ3n) is 2.75. The van der Waals surface area contributed by atoms with Gasteiger partial charge < -0.3 is 19.8 Å². The van der Waals surface area contributed by atoms with Crippen LogP contribution in [-0.4, -0.2) is 35.8 Å². The van der Waals surface area contributed by atoms with Crippen LogP contribution < -0.4 is 10.2 Å². The molecule has 0 fully saturated rings. The molecule has 0 N–H and O–H groups in total. The average molecular weight is 451 g/mol. The topological polar surface area (TPSA) is 80.3 Å². The van der Waals surface area contributed by atoms with Crippen LogP contribution in [0.1, 0.15) is 39.5 Å². The molecule has 136 valence electrons. The first-order valence-electron chi connectivity index (χ1n) is 8.14. The number of carbonyl (C=O) groups is 2. The van der Waals surface area contributed by atoms with Gasteiger partial charge in [-0.1, -0.05) is 102 Å². The molecule has 0 heterocycles. The van der Waals surface area contributed by atoms with Crippen LogP contribution in [0.2, 0.25) is 0 Å². The molecular formula is C20H28O4Sn. The van der Waals surface area contributed by atoms with Gasteiger partial charge in [0.05, 0.1) is 11.9 Å². The van der Waals surface area contributed by atoms with Crippen LogP contribution in [0.5, 0.6) is 0 Å². The summed E-state index contributed by atoms with van der Waals surface area (Å²) in [5, 5.41) is 20.0. The molecule has 0 aromatic rings. The number of rotatable bonds is 4. The Balaban J connectivity index is -0.000000270. The van der Waals surface area contributed by atoms with Gasteiger partial charge in [-0.2, -0.15) is 0 Å². The summed E-state index contributed by atoms with van der Waals surface area (Å²) in [7, 11) is 0. The van der Waals surface area contributed by atoms with E-state index in [1.54, 1.807) is 48.6 Å². The van der Waals surface area contributed by atoms with Crippen LogP contribution in [0.25, 0.3) is 0 Å². The Bertz CT molecular complexity index is 381. The molecule has 0 aliphatic heterocycles. The standard InChI is InChI=1S/2C6H6O2.2C4H9.Sn/c2*7-6(8)5-3-1-2-4-5;2*1-3-4-2;/h2*1-5H,(H,7,8);2*1,3-4H2,2H3;/q;;;;+2/p-2. The zero-order chi connectivity index (χ0) is 18.8. The van der Waals surface area contributed by atoms with Crippen molar-refractivity contribution in [2.45, 2.75) is 39.5 Å². The normalized spacial score (nSPS) is 13.6. The van der Waals surface area contributed by atoms with Crippen LogP contribution in [0.3, 0.4) is 0 Å². The van der Waals surface area contributed by atoms with E-state index < -0.39 is 23.8 Å². The summed E-state index contributed by atoms with van der Waals surface area (Å²) >= 11 is 0. The van der Waals surface area contributed by atoms with E-state index in [0.717, 1.165) is 12.8 Å². The molecule has 0 unspecified atom stereocenters. The summed E-state index contributed by atoms with van der Waals surface area (Å²) in [5.74, 6) is -3.05. The van der Waals surface area contributed by atoms with Crippen molar-refractivity contribution in [2.75, 3.05) is 0 Å². The van der Waals surface area contributed by atoms with Crippen LogP contribution in [0.15, 0.2) is 48.6 Å². The summed E-state index contributed by atoms with van der Waals surface area (Å²) < 4.78 is 0. The summed E-state index contributed by atoms with van der Waals surface area (Å²) in [4.78, 5) is 20.0. The van der Waals surface area contributed by atoms with Gasteiger partial charge in [-0.3, -0.25) is 0 Å².